The SMILES string of the molecule is CCc1cnccc1-c1cc(O)cc(C(C)(C)NS(=O)(=O)c2ccccc2C(F)(F)F)c1. The lowest BCUT2D eigenvalue weighted by Gasteiger charge is -2.28. The van der Waals surface area contributed by atoms with Crippen LogP contribution in [0, 0.1) is 0 Å². The first-order valence-electron chi connectivity index (χ1n) is 9.83. The topological polar surface area (TPSA) is 79.3 Å². The Labute approximate surface area is 185 Å². The second-order valence-electron chi connectivity index (χ2n) is 7.88. The smallest absolute Gasteiger partial charge is 0.417 e. The molecule has 32 heavy (non-hydrogen) atoms. The molecular weight excluding hydrogens is 441 g/mol. The lowest BCUT2D eigenvalue weighted by atomic mass is 9.91. The van der Waals surface area contributed by atoms with Gasteiger partial charge in [0.15, 0.2) is 0 Å². The number of hydrogen-bond donors (Lipinski definition) is 2. The maximum atomic E-state index is 13.4. The second kappa shape index (κ2) is 8.55. The Hall–Kier alpha value is -2.91. The average molecular weight is 465 g/mol. The highest BCUT2D eigenvalue weighted by molar-refractivity contribution is 7.89. The summed E-state index contributed by atoms with van der Waals surface area (Å²) in [4.78, 5) is 3.24. The number of rotatable bonds is 6. The second-order valence-corrected chi connectivity index (χ2v) is 9.53. The fourth-order valence-corrected chi connectivity index (χ4v) is 5.13. The van der Waals surface area contributed by atoms with E-state index in [0.717, 1.165) is 29.3 Å². The van der Waals surface area contributed by atoms with E-state index < -0.39 is 32.2 Å². The van der Waals surface area contributed by atoms with Crippen molar-refractivity contribution in [1.82, 2.24) is 9.71 Å². The van der Waals surface area contributed by atoms with E-state index in [0.29, 0.717) is 17.5 Å². The summed E-state index contributed by atoms with van der Waals surface area (Å²) < 4.78 is 68.4. The zero-order valence-corrected chi connectivity index (χ0v) is 18.6. The molecule has 0 atom stereocenters. The van der Waals surface area contributed by atoms with E-state index in [9.17, 15) is 26.7 Å². The third kappa shape index (κ3) is 4.94. The molecule has 0 unspecified atom stereocenters. The van der Waals surface area contributed by atoms with E-state index in [-0.39, 0.29) is 5.75 Å². The molecule has 0 saturated carbocycles. The zero-order valence-electron chi connectivity index (χ0n) is 17.7. The quantitative estimate of drug-likeness (QED) is 0.522. The van der Waals surface area contributed by atoms with E-state index in [4.69, 9.17) is 0 Å². The van der Waals surface area contributed by atoms with Crippen LogP contribution in [-0.2, 0) is 28.2 Å². The van der Waals surface area contributed by atoms with Gasteiger partial charge in [-0.05, 0) is 78.9 Å². The first kappa shape index (κ1) is 23.7. The molecule has 0 aliphatic carbocycles. The summed E-state index contributed by atoms with van der Waals surface area (Å²) in [5.41, 5.74) is 0.206. The van der Waals surface area contributed by atoms with Gasteiger partial charge in [-0.15, -0.1) is 0 Å². The number of phenolic OH excluding ortho intramolecular Hbond substituents is 1. The van der Waals surface area contributed by atoms with Gasteiger partial charge in [0, 0.05) is 12.4 Å². The first-order valence-corrected chi connectivity index (χ1v) is 11.3. The Bertz CT molecular complexity index is 1240. The summed E-state index contributed by atoms with van der Waals surface area (Å²) in [5, 5.41) is 10.3. The first-order chi connectivity index (χ1) is 14.8. The summed E-state index contributed by atoms with van der Waals surface area (Å²) >= 11 is 0. The molecule has 9 heteroatoms. The van der Waals surface area contributed by atoms with Gasteiger partial charge in [-0.1, -0.05) is 19.1 Å². The number of phenols is 1. The molecule has 0 fully saturated rings. The number of pyridine rings is 1. The number of nitrogens with zero attached hydrogens (tertiary/aromatic N) is 1. The standard InChI is InChI=1S/C23H23F3N2O3S/c1-4-15-14-27-10-9-19(15)16-11-17(13-18(29)12-16)22(2,3)28-32(30,31)21-8-6-5-7-20(21)23(24,25)26/h5-14,28-29H,4H2,1-3H3. The molecule has 170 valence electrons. The van der Waals surface area contributed by atoms with Crippen molar-refractivity contribution in [2.24, 2.45) is 0 Å². The largest absolute Gasteiger partial charge is 0.508 e. The Morgan fingerprint density at radius 1 is 1.06 bits per heavy atom. The predicted octanol–water partition coefficient (Wildman–Crippen LogP) is 5.25. The van der Waals surface area contributed by atoms with Crippen molar-refractivity contribution >= 4 is 10.0 Å². The van der Waals surface area contributed by atoms with Crippen molar-refractivity contribution in [3.05, 3.63) is 77.6 Å². The number of aryl methyl sites for hydroxylation is 1. The van der Waals surface area contributed by atoms with Gasteiger partial charge >= 0.3 is 6.18 Å². The maximum Gasteiger partial charge on any atom is 0.417 e. The number of hydrogen-bond acceptors (Lipinski definition) is 4. The number of sulfonamides is 1. The Morgan fingerprint density at radius 2 is 1.75 bits per heavy atom. The number of nitrogens with one attached hydrogen (secondary N) is 1. The van der Waals surface area contributed by atoms with Crippen molar-refractivity contribution in [3.8, 4) is 16.9 Å². The Balaban J connectivity index is 2.05. The number of benzene rings is 2. The van der Waals surface area contributed by atoms with Crippen LogP contribution in [0.4, 0.5) is 13.2 Å². The van der Waals surface area contributed by atoms with Crippen molar-refractivity contribution < 1.29 is 26.7 Å². The number of aromatic hydroxyl groups is 1. The van der Waals surface area contributed by atoms with Crippen LogP contribution in [0.3, 0.4) is 0 Å². The molecule has 0 amide bonds. The molecule has 0 aliphatic rings. The molecule has 2 N–H and O–H groups in total. The van der Waals surface area contributed by atoms with Crippen molar-refractivity contribution in [1.29, 1.82) is 0 Å². The molecule has 1 heterocycles. The third-order valence-electron chi connectivity index (χ3n) is 5.11. The van der Waals surface area contributed by atoms with Gasteiger partial charge in [-0.3, -0.25) is 4.98 Å². The van der Waals surface area contributed by atoms with Crippen LogP contribution in [0.5, 0.6) is 5.75 Å². The van der Waals surface area contributed by atoms with Crippen molar-refractivity contribution in [2.75, 3.05) is 0 Å². The number of halogens is 3. The van der Waals surface area contributed by atoms with E-state index in [2.05, 4.69) is 9.71 Å². The Kier molecular flexibility index (Phi) is 6.35. The Morgan fingerprint density at radius 3 is 2.41 bits per heavy atom. The normalized spacial score (nSPS) is 12.7. The highest BCUT2D eigenvalue weighted by atomic mass is 32.2. The summed E-state index contributed by atoms with van der Waals surface area (Å²) in [5.74, 6) is -0.0978. The molecular formula is C23H23F3N2O3S. The minimum Gasteiger partial charge on any atom is -0.508 e. The zero-order chi connectivity index (χ0) is 23.7. The van der Waals surface area contributed by atoms with Gasteiger partial charge in [0.2, 0.25) is 10.0 Å². The number of alkyl halides is 3. The van der Waals surface area contributed by atoms with Crippen LogP contribution in [0.2, 0.25) is 0 Å². The van der Waals surface area contributed by atoms with E-state index in [1.165, 1.54) is 26.0 Å². The lowest BCUT2D eigenvalue weighted by molar-refractivity contribution is -0.139. The highest BCUT2D eigenvalue weighted by Crippen LogP contribution is 2.36. The summed E-state index contributed by atoms with van der Waals surface area (Å²) in [6.45, 7) is 5.00. The number of aromatic nitrogens is 1. The third-order valence-corrected chi connectivity index (χ3v) is 6.82. The van der Waals surface area contributed by atoms with E-state index in [1.807, 2.05) is 6.92 Å². The molecule has 0 aliphatic heterocycles. The lowest BCUT2D eigenvalue weighted by Crippen LogP contribution is -2.41. The molecule has 0 spiro atoms. The van der Waals surface area contributed by atoms with Gasteiger partial charge in [-0.2, -0.15) is 13.2 Å². The van der Waals surface area contributed by atoms with Gasteiger partial charge < -0.3 is 5.11 Å². The summed E-state index contributed by atoms with van der Waals surface area (Å²) in [6, 6.07) is 10.4. The van der Waals surface area contributed by atoms with Crippen molar-refractivity contribution in [3.63, 3.8) is 0 Å². The minimum absolute atomic E-state index is 0.0978. The van der Waals surface area contributed by atoms with Crippen LogP contribution in [0.25, 0.3) is 11.1 Å². The van der Waals surface area contributed by atoms with E-state index >= 15 is 0 Å². The van der Waals surface area contributed by atoms with Crippen LogP contribution >= 0.6 is 0 Å². The average Bonchev–Trinajstić information content (AvgIpc) is 2.72. The van der Waals surface area contributed by atoms with E-state index in [1.54, 1.807) is 30.6 Å². The molecule has 0 bridgehead atoms. The molecule has 0 saturated heterocycles. The maximum absolute atomic E-state index is 13.4. The van der Waals surface area contributed by atoms with Gasteiger partial charge in [0.05, 0.1) is 16.0 Å². The minimum atomic E-state index is -4.83. The van der Waals surface area contributed by atoms with Gasteiger partial charge in [0.25, 0.3) is 0 Å². The molecule has 3 aromatic rings. The van der Waals surface area contributed by atoms with Gasteiger partial charge in [-0.25, -0.2) is 13.1 Å². The predicted molar refractivity (Wildman–Crippen MR) is 116 cm³/mol. The molecule has 0 radical (unpaired) electrons. The fourth-order valence-electron chi connectivity index (χ4n) is 3.50. The fraction of sp³-hybridized carbons (Fsp3) is 0.261. The molecule has 2 aromatic carbocycles. The summed E-state index contributed by atoms with van der Waals surface area (Å²) in [6.07, 6.45) is -0.814. The summed E-state index contributed by atoms with van der Waals surface area (Å²) in [7, 11) is -4.54. The molecule has 3 rings (SSSR count). The molecule has 1 aromatic heterocycles. The molecule has 5 nitrogen and oxygen atoms in total. The van der Waals surface area contributed by atoms with Crippen LogP contribution in [0.1, 0.15) is 37.5 Å². The van der Waals surface area contributed by atoms with Crippen LogP contribution < -0.4 is 4.72 Å². The highest BCUT2D eigenvalue weighted by Gasteiger charge is 2.38. The van der Waals surface area contributed by atoms with Crippen LogP contribution in [-0.4, -0.2) is 18.5 Å². The monoisotopic (exact) mass is 464 g/mol. The van der Waals surface area contributed by atoms with Crippen molar-refractivity contribution in [2.45, 2.75) is 43.8 Å². The van der Waals surface area contributed by atoms with Crippen LogP contribution in [0.15, 0.2) is 65.8 Å². The van der Waals surface area contributed by atoms with Gasteiger partial charge in [0.1, 0.15) is 5.75 Å².